The van der Waals surface area contributed by atoms with E-state index in [1.165, 1.54) is 5.56 Å². The van der Waals surface area contributed by atoms with Crippen LogP contribution in [0.1, 0.15) is 22.9 Å². The van der Waals surface area contributed by atoms with E-state index >= 15 is 0 Å². The van der Waals surface area contributed by atoms with E-state index in [1.54, 1.807) is 0 Å². The first-order valence-corrected chi connectivity index (χ1v) is 8.36. The molecule has 114 valence electrons. The smallest absolute Gasteiger partial charge is 0.0739 e. The summed E-state index contributed by atoms with van der Waals surface area (Å²) in [5, 5.41) is 4.43. The van der Waals surface area contributed by atoms with Gasteiger partial charge < -0.3 is 10.6 Å². The summed E-state index contributed by atoms with van der Waals surface area (Å²) in [4.78, 5) is 2.13. The fourth-order valence-corrected chi connectivity index (χ4v) is 2.96. The van der Waals surface area contributed by atoms with E-state index in [0.29, 0.717) is 0 Å². The molecule has 21 heavy (non-hydrogen) atoms. The zero-order chi connectivity index (χ0) is 15.6. The molecule has 1 heterocycles. The number of hydrogen-bond donors (Lipinski definition) is 1. The second-order valence-electron chi connectivity index (χ2n) is 5.39. The third kappa shape index (κ3) is 3.94. The molecular formula is C15H20Br2N4. The molecule has 1 unspecified atom stereocenters. The Hall–Kier alpha value is -0.690. The highest BCUT2D eigenvalue weighted by Gasteiger charge is 2.18. The molecule has 0 radical (unpaired) electrons. The summed E-state index contributed by atoms with van der Waals surface area (Å²) in [6, 6.07) is 6.01. The van der Waals surface area contributed by atoms with Crippen molar-refractivity contribution in [3.63, 3.8) is 0 Å². The van der Waals surface area contributed by atoms with Crippen molar-refractivity contribution >= 4 is 31.9 Å². The van der Waals surface area contributed by atoms with Gasteiger partial charge in [0.2, 0.25) is 0 Å². The number of halogens is 2. The molecule has 0 fully saturated rings. The van der Waals surface area contributed by atoms with E-state index in [4.69, 9.17) is 5.73 Å². The highest BCUT2D eigenvalue weighted by molar-refractivity contribution is 9.10. The third-order valence-corrected chi connectivity index (χ3v) is 4.93. The van der Waals surface area contributed by atoms with Crippen LogP contribution in [0, 0.1) is 6.92 Å². The number of hydrogen-bond acceptors (Lipinski definition) is 3. The van der Waals surface area contributed by atoms with Crippen molar-refractivity contribution in [2.75, 3.05) is 20.6 Å². The van der Waals surface area contributed by atoms with Crippen LogP contribution < -0.4 is 5.73 Å². The van der Waals surface area contributed by atoms with Crippen LogP contribution in [0.4, 0.5) is 0 Å². The minimum atomic E-state index is -0.198. The molecule has 1 aromatic heterocycles. The Morgan fingerprint density at radius 2 is 2.00 bits per heavy atom. The number of aryl methyl sites for hydroxylation is 1. The summed E-state index contributed by atoms with van der Waals surface area (Å²) >= 11 is 7.09. The molecule has 2 aromatic rings. The second kappa shape index (κ2) is 7.05. The molecule has 4 nitrogen and oxygen atoms in total. The van der Waals surface area contributed by atoms with Crippen LogP contribution in [0.3, 0.4) is 0 Å². The van der Waals surface area contributed by atoms with E-state index < -0.39 is 0 Å². The lowest BCUT2D eigenvalue weighted by Gasteiger charge is -2.18. The van der Waals surface area contributed by atoms with Crippen molar-refractivity contribution in [1.82, 2.24) is 14.7 Å². The number of aromatic nitrogens is 2. The topological polar surface area (TPSA) is 47.1 Å². The Kier molecular flexibility index (Phi) is 5.60. The van der Waals surface area contributed by atoms with Crippen LogP contribution in [0.15, 0.2) is 33.3 Å². The first kappa shape index (κ1) is 16.7. The van der Waals surface area contributed by atoms with Gasteiger partial charge in [-0.3, -0.25) is 4.68 Å². The third-order valence-electron chi connectivity index (χ3n) is 3.43. The van der Waals surface area contributed by atoms with Crippen LogP contribution in [-0.4, -0.2) is 35.3 Å². The molecule has 0 aliphatic carbocycles. The van der Waals surface area contributed by atoms with Crippen molar-refractivity contribution in [2.45, 2.75) is 19.5 Å². The van der Waals surface area contributed by atoms with E-state index in [2.05, 4.69) is 75.0 Å². The van der Waals surface area contributed by atoms with Gasteiger partial charge in [0, 0.05) is 11.0 Å². The molecule has 2 rings (SSSR count). The minimum absolute atomic E-state index is 0.198. The molecule has 0 amide bonds. The van der Waals surface area contributed by atoms with Crippen molar-refractivity contribution in [3.8, 4) is 0 Å². The van der Waals surface area contributed by atoms with Gasteiger partial charge in [0.25, 0.3) is 0 Å². The van der Waals surface area contributed by atoms with E-state index in [0.717, 1.165) is 33.3 Å². The van der Waals surface area contributed by atoms with E-state index in [9.17, 15) is 0 Å². The van der Waals surface area contributed by atoms with Gasteiger partial charge in [0.1, 0.15) is 0 Å². The van der Waals surface area contributed by atoms with Gasteiger partial charge in [0.05, 0.1) is 29.0 Å². The molecule has 2 N–H and O–H groups in total. The Morgan fingerprint density at radius 1 is 1.29 bits per heavy atom. The van der Waals surface area contributed by atoms with Crippen LogP contribution in [0.5, 0.6) is 0 Å². The van der Waals surface area contributed by atoms with Gasteiger partial charge in [0.15, 0.2) is 0 Å². The summed E-state index contributed by atoms with van der Waals surface area (Å²) in [5.74, 6) is 0. The van der Waals surface area contributed by atoms with Gasteiger partial charge in [-0.15, -0.1) is 0 Å². The number of nitrogens with zero attached hydrogens (tertiary/aromatic N) is 3. The van der Waals surface area contributed by atoms with Crippen LogP contribution in [-0.2, 0) is 6.54 Å². The first-order chi connectivity index (χ1) is 9.90. The van der Waals surface area contributed by atoms with E-state index in [-0.39, 0.29) is 6.04 Å². The summed E-state index contributed by atoms with van der Waals surface area (Å²) in [6.45, 7) is 3.81. The van der Waals surface area contributed by atoms with Crippen LogP contribution >= 0.6 is 31.9 Å². The molecule has 0 aliphatic rings. The molecule has 0 aliphatic heterocycles. The number of rotatable bonds is 5. The van der Waals surface area contributed by atoms with Gasteiger partial charge in [-0.25, -0.2) is 0 Å². The van der Waals surface area contributed by atoms with Gasteiger partial charge in [-0.2, -0.15) is 5.10 Å². The minimum Gasteiger partial charge on any atom is -0.319 e. The standard InChI is InChI=1S/C15H20Br2N4/c1-10-8-11(4-5-12(10)16)14(18)15-13(17)9-19-21(15)7-6-20(2)3/h4-5,8-9,14H,6-7,18H2,1-3H3. The fraction of sp³-hybridized carbons (Fsp3) is 0.400. The predicted molar refractivity (Wildman–Crippen MR) is 93.4 cm³/mol. The number of nitrogens with two attached hydrogens (primary N) is 1. The average Bonchev–Trinajstić information content (AvgIpc) is 2.80. The number of benzene rings is 1. The Balaban J connectivity index is 2.31. The SMILES string of the molecule is Cc1cc(C(N)c2c(Br)cnn2CCN(C)C)ccc1Br. The zero-order valence-electron chi connectivity index (χ0n) is 12.5. The molecule has 6 heteroatoms. The molecule has 1 atom stereocenters. The Bertz CT molecular complexity index is 622. The van der Waals surface area contributed by atoms with Crippen molar-refractivity contribution in [1.29, 1.82) is 0 Å². The summed E-state index contributed by atoms with van der Waals surface area (Å²) in [5.41, 5.74) is 9.75. The first-order valence-electron chi connectivity index (χ1n) is 6.77. The molecule has 0 bridgehead atoms. The van der Waals surface area contributed by atoms with Crippen LogP contribution in [0.2, 0.25) is 0 Å². The Labute approximate surface area is 142 Å². The molecule has 0 saturated carbocycles. The van der Waals surface area contributed by atoms with Crippen molar-refractivity contribution < 1.29 is 0 Å². The number of likely N-dealkylation sites (N-methyl/N-ethyl adjacent to an activating group) is 1. The monoisotopic (exact) mass is 414 g/mol. The molecule has 1 aromatic carbocycles. The summed E-state index contributed by atoms with van der Waals surface area (Å²) in [7, 11) is 4.10. The lowest BCUT2D eigenvalue weighted by Crippen LogP contribution is -2.23. The maximum atomic E-state index is 6.47. The van der Waals surface area contributed by atoms with Gasteiger partial charge in [-0.1, -0.05) is 28.1 Å². The average molecular weight is 416 g/mol. The largest absolute Gasteiger partial charge is 0.319 e. The zero-order valence-corrected chi connectivity index (χ0v) is 15.6. The summed E-state index contributed by atoms with van der Waals surface area (Å²) < 4.78 is 4.03. The highest BCUT2D eigenvalue weighted by Crippen LogP contribution is 2.29. The molecular weight excluding hydrogens is 396 g/mol. The van der Waals surface area contributed by atoms with Crippen molar-refractivity contribution in [2.24, 2.45) is 5.73 Å². The molecule has 0 spiro atoms. The van der Waals surface area contributed by atoms with Gasteiger partial charge >= 0.3 is 0 Å². The Morgan fingerprint density at radius 3 is 2.62 bits per heavy atom. The fourth-order valence-electron chi connectivity index (χ4n) is 2.17. The lowest BCUT2D eigenvalue weighted by atomic mass is 10.0. The van der Waals surface area contributed by atoms with Crippen molar-refractivity contribution in [3.05, 3.63) is 50.2 Å². The lowest BCUT2D eigenvalue weighted by molar-refractivity contribution is 0.368. The normalized spacial score (nSPS) is 12.9. The maximum Gasteiger partial charge on any atom is 0.0739 e. The maximum absolute atomic E-state index is 6.47. The van der Waals surface area contributed by atoms with Gasteiger partial charge in [-0.05, 0) is 54.1 Å². The van der Waals surface area contributed by atoms with E-state index in [1.807, 2.05) is 16.9 Å². The quantitative estimate of drug-likeness (QED) is 0.814. The highest BCUT2D eigenvalue weighted by atomic mass is 79.9. The second-order valence-corrected chi connectivity index (χ2v) is 7.10. The van der Waals surface area contributed by atoms with Crippen LogP contribution in [0.25, 0.3) is 0 Å². The summed E-state index contributed by atoms with van der Waals surface area (Å²) in [6.07, 6.45) is 1.82. The molecule has 0 saturated heterocycles. The predicted octanol–water partition coefficient (Wildman–Crippen LogP) is 3.33.